The maximum atomic E-state index is 12.4. The molecule has 0 radical (unpaired) electrons. The highest BCUT2D eigenvalue weighted by Gasteiger charge is 2.11. The largest absolute Gasteiger partial charge is 0.308 e. The van der Waals surface area contributed by atoms with Crippen molar-refractivity contribution < 1.29 is 4.79 Å². The summed E-state index contributed by atoms with van der Waals surface area (Å²) in [5.74, 6) is 0.965. The average Bonchev–Trinajstić information content (AvgIpc) is 3.29. The number of hydrogen-bond donors (Lipinski definition) is 0. The van der Waals surface area contributed by atoms with Crippen LogP contribution in [-0.2, 0) is 13.0 Å². The number of aromatic nitrogens is 3. The van der Waals surface area contributed by atoms with Gasteiger partial charge < -0.3 is 4.57 Å². The van der Waals surface area contributed by atoms with Gasteiger partial charge in [-0.1, -0.05) is 55.9 Å². The molecule has 130 valence electrons. The fourth-order valence-electron chi connectivity index (χ4n) is 2.46. The first-order valence-corrected chi connectivity index (χ1v) is 10.2. The van der Waals surface area contributed by atoms with Crippen LogP contribution in [0.15, 0.2) is 53.3 Å². The van der Waals surface area contributed by atoms with Crippen molar-refractivity contribution in [1.82, 2.24) is 14.8 Å². The summed E-state index contributed by atoms with van der Waals surface area (Å²) in [6, 6.07) is 12.1. The van der Waals surface area contributed by atoms with Crippen LogP contribution in [0.4, 0.5) is 0 Å². The van der Waals surface area contributed by atoms with Crippen LogP contribution in [0.5, 0.6) is 0 Å². The summed E-state index contributed by atoms with van der Waals surface area (Å²) < 4.78 is 2.01. The Balaban J connectivity index is 1.56. The van der Waals surface area contributed by atoms with Gasteiger partial charge in [0.1, 0.15) is 6.33 Å². The molecule has 0 saturated heterocycles. The predicted molar refractivity (Wildman–Crippen MR) is 104 cm³/mol. The summed E-state index contributed by atoms with van der Waals surface area (Å²) in [5, 5.41) is 11.0. The third kappa shape index (κ3) is 4.80. The number of thioether (sulfide) groups is 1. The molecule has 3 aromatic rings. The van der Waals surface area contributed by atoms with E-state index in [1.54, 1.807) is 17.7 Å². The van der Waals surface area contributed by atoms with Gasteiger partial charge in [-0.25, -0.2) is 0 Å². The maximum absolute atomic E-state index is 12.4. The number of carbonyl (C=O) groups is 1. The summed E-state index contributed by atoms with van der Waals surface area (Å²) in [6.07, 6.45) is 2.69. The van der Waals surface area contributed by atoms with Crippen LogP contribution in [0, 0.1) is 0 Å². The Morgan fingerprint density at radius 3 is 2.72 bits per heavy atom. The fourth-order valence-corrected chi connectivity index (χ4v) is 4.00. The first-order valence-electron chi connectivity index (χ1n) is 8.29. The molecular weight excluding hydrogens is 350 g/mol. The van der Waals surface area contributed by atoms with Crippen molar-refractivity contribution in [1.29, 1.82) is 0 Å². The molecule has 1 aromatic carbocycles. The van der Waals surface area contributed by atoms with Gasteiger partial charge >= 0.3 is 0 Å². The molecule has 0 unspecified atom stereocenters. The Morgan fingerprint density at radius 2 is 2.04 bits per heavy atom. The summed E-state index contributed by atoms with van der Waals surface area (Å²) in [7, 11) is 0. The number of Topliss-reactive ketones (excluding diaryl/α,β-unsaturated/α-hetero) is 1. The maximum Gasteiger partial charge on any atom is 0.191 e. The first kappa shape index (κ1) is 17.9. The minimum absolute atomic E-state index is 0.119. The molecule has 0 aliphatic heterocycles. The van der Waals surface area contributed by atoms with Crippen molar-refractivity contribution in [3.8, 4) is 0 Å². The summed E-state index contributed by atoms with van der Waals surface area (Å²) in [5.41, 5.74) is 2.00. The van der Waals surface area contributed by atoms with Crippen molar-refractivity contribution >= 4 is 28.9 Å². The lowest BCUT2D eigenvalue weighted by Gasteiger charge is -2.07. The summed E-state index contributed by atoms with van der Waals surface area (Å²) in [6.45, 7) is 5.12. The minimum Gasteiger partial charge on any atom is -0.308 e. The van der Waals surface area contributed by atoms with Gasteiger partial charge in [0.15, 0.2) is 10.9 Å². The van der Waals surface area contributed by atoms with Crippen LogP contribution in [-0.4, -0.2) is 26.3 Å². The van der Waals surface area contributed by atoms with E-state index in [1.807, 2.05) is 28.8 Å². The van der Waals surface area contributed by atoms with E-state index in [1.165, 1.54) is 22.2 Å². The molecule has 25 heavy (non-hydrogen) atoms. The molecule has 0 bridgehead atoms. The number of aryl methyl sites for hydroxylation is 2. The zero-order valence-electron chi connectivity index (χ0n) is 14.4. The van der Waals surface area contributed by atoms with E-state index in [0.29, 0.717) is 11.7 Å². The zero-order valence-corrected chi connectivity index (χ0v) is 16.0. The second kappa shape index (κ2) is 8.45. The molecule has 0 amide bonds. The Labute approximate surface area is 156 Å². The van der Waals surface area contributed by atoms with Gasteiger partial charge in [0, 0.05) is 17.0 Å². The lowest BCUT2D eigenvalue weighted by molar-refractivity contribution is 0.102. The predicted octanol–water partition coefficient (Wildman–Crippen LogP) is 4.68. The van der Waals surface area contributed by atoms with E-state index >= 15 is 0 Å². The van der Waals surface area contributed by atoms with Crippen molar-refractivity contribution in [3.05, 3.63) is 64.1 Å². The molecule has 0 saturated carbocycles. The Morgan fingerprint density at radius 1 is 1.24 bits per heavy atom. The van der Waals surface area contributed by atoms with Crippen LogP contribution in [0.25, 0.3) is 0 Å². The molecule has 0 aliphatic rings. The number of benzene rings is 1. The van der Waals surface area contributed by atoms with Gasteiger partial charge in [-0.15, -0.1) is 21.5 Å². The van der Waals surface area contributed by atoms with E-state index in [2.05, 4.69) is 41.6 Å². The Bertz CT molecular complexity index is 808. The van der Waals surface area contributed by atoms with Crippen LogP contribution in [0.1, 0.15) is 40.6 Å². The molecule has 6 heteroatoms. The molecule has 0 atom stereocenters. The van der Waals surface area contributed by atoms with Gasteiger partial charge in [-0.2, -0.15) is 0 Å². The molecule has 0 aliphatic carbocycles. The minimum atomic E-state index is 0.119. The van der Waals surface area contributed by atoms with E-state index in [4.69, 9.17) is 0 Å². The monoisotopic (exact) mass is 371 g/mol. The second-order valence-corrected chi connectivity index (χ2v) is 8.10. The van der Waals surface area contributed by atoms with Crippen LogP contribution in [0.2, 0.25) is 0 Å². The van der Waals surface area contributed by atoms with Crippen LogP contribution < -0.4 is 0 Å². The normalized spacial score (nSPS) is 11.2. The highest BCUT2D eigenvalue weighted by Crippen LogP contribution is 2.20. The highest BCUT2D eigenvalue weighted by atomic mass is 32.2. The number of rotatable bonds is 8. The lowest BCUT2D eigenvalue weighted by Crippen LogP contribution is -2.06. The Hall–Kier alpha value is -1.92. The number of nitrogens with zero attached hydrogens (tertiary/aromatic N) is 3. The van der Waals surface area contributed by atoms with Crippen molar-refractivity contribution in [2.24, 2.45) is 0 Å². The quantitative estimate of drug-likeness (QED) is 0.426. The first-order chi connectivity index (χ1) is 12.1. The smallest absolute Gasteiger partial charge is 0.191 e. The number of hydrogen-bond acceptors (Lipinski definition) is 5. The van der Waals surface area contributed by atoms with Crippen molar-refractivity contribution in [3.63, 3.8) is 0 Å². The Kier molecular flexibility index (Phi) is 6.04. The van der Waals surface area contributed by atoms with E-state index < -0.39 is 0 Å². The highest BCUT2D eigenvalue weighted by molar-refractivity contribution is 7.99. The van der Waals surface area contributed by atoms with Gasteiger partial charge in [0.25, 0.3) is 0 Å². The molecule has 0 N–H and O–H groups in total. The third-order valence-electron chi connectivity index (χ3n) is 3.99. The van der Waals surface area contributed by atoms with Crippen LogP contribution in [0.3, 0.4) is 0 Å². The van der Waals surface area contributed by atoms with Crippen molar-refractivity contribution in [2.75, 3.05) is 5.75 Å². The topological polar surface area (TPSA) is 47.8 Å². The third-order valence-corrected chi connectivity index (χ3v) is 5.91. The lowest BCUT2D eigenvalue weighted by atomic mass is 10.0. The van der Waals surface area contributed by atoms with E-state index in [-0.39, 0.29) is 5.78 Å². The molecule has 0 fully saturated rings. The van der Waals surface area contributed by atoms with Gasteiger partial charge in [-0.3, -0.25) is 4.79 Å². The molecule has 2 aromatic heterocycles. The summed E-state index contributed by atoms with van der Waals surface area (Å²) in [4.78, 5) is 13.7. The molecule has 2 heterocycles. The molecule has 3 rings (SSSR count). The number of ketones is 1. The summed E-state index contributed by atoms with van der Waals surface area (Å²) >= 11 is 3.20. The zero-order chi connectivity index (χ0) is 17.6. The standard InChI is InChI=1S/C19H21N3OS2/c1-14(2)15-5-7-16(8-6-15)18(23)12-25-19-21-20-13-22(19)10-9-17-4-3-11-24-17/h3-8,11,13-14H,9-10,12H2,1-2H3. The van der Waals surface area contributed by atoms with Gasteiger partial charge in [-0.05, 0) is 29.3 Å². The molecule has 0 spiro atoms. The van der Waals surface area contributed by atoms with Gasteiger partial charge in [0.2, 0.25) is 0 Å². The molecular formula is C19H21N3OS2. The second-order valence-electron chi connectivity index (χ2n) is 6.12. The van der Waals surface area contributed by atoms with E-state index in [0.717, 1.165) is 23.7 Å². The SMILES string of the molecule is CC(C)c1ccc(C(=O)CSc2nncn2CCc2cccs2)cc1. The van der Waals surface area contributed by atoms with Crippen LogP contribution >= 0.6 is 23.1 Å². The fraction of sp³-hybridized carbons (Fsp3) is 0.316. The van der Waals surface area contributed by atoms with Crippen molar-refractivity contribution in [2.45, 2.75) is 37.9 Å². The molecule has 4 nitrogen and oxygen atoms in total. The average molecular weight is 372 g/mol. The number of thiophene rings is 1. The number of carbonyl (C=O) groups excluding carboxylic acids is 1. The van der Waals surface area contributed by atoms with E-state index in [9.17, 15) is 4.79 Å². The van der Waals surface area contributed by atoms with Gasteiger partial charge in [0.05, 0.1) is 5.75 Å².